The third kappa shape index (κ3) is 3.22. The Morgan fingerprint density at radius 1 is 1.47 bits per heavy atom. The molecule has 0 aliphatic heterocycles. The van der Waals surface area contributed by atoms with Gasteiger partial charge in [-0.3, -0.25) is 0 Å². The van der Waals surface area contributed by atoms with Gasteiger partial charge >= 0.3 is 0 Å². The largest absolute Gasteiger partial charge is 0.545 e. The van der Waals surface area contributed by atoms with Crippen molar-refractivity contribution in [1.29, 1.82) is 0 Å². The summed E-state index contributed by atoms with van der Waals surface area (Å²) in [4.78, 5) is 10.4. The quantitative estimate of drug-likeness (QED) is 0.688. The molecule has 0 spiro atoms. The summed E-state index contributed by atoms with van der Waals surface area (Å²) < 4.78 is 5.03. The van der Waals surface area contributed by atoms with E-state index in [-0.39, 0.29) is 0 Å². The molecule has 1 aromatic carbocycles. The van der Waals surface area contributed by atoms with E-state index in [0.717, 1.165) is 17.2 Å². The molecule has 0 aliphatic rings. The van der Waals surface area contributed by atoms with Gasteiger partial charge in [0.05, 0.1) is 12.6 Å². The predicted octanol–water partition coefficient (Wildman–Crippen LogP) is 0.986. The van der Waals surface area contributed by atoms with Crippen molar-refractivity contribution in [2.75, 3.05) is 7.11 Å². The molecule has 0 bridgehead atoms. The Kier molecular flexibility index (Phi) is 4.06. The Labute approximate surface area is 89.0 Å². The summed E-state index contributed by atoms with van der Waals surface area (Å²) in [6.45, 7) is 2.21. The highest BCUT2D eigenvalue weighted by molar-refractivity contribution is 5.88. The number of allylic oxidation sites excluding steroid dienone is 1. The van der Waals surface area contributed by atoms with Crippen molar-refractivity contribution >= 4 is 11.5 Å². The van der Waals surface area contributed by atoms with Crippen LogP contribution in [0.15, 0.2) is 30.3 Å². The number of carboxylic acids is 1. The lowest BCUT2D eigenvalue weighted by Crippen LogP contribution is -2.19. The first-order valence-electron chi connectivity index (χ1n) is 4.61. The van der Waals surface area contributed by atoms with Gasteiger partial charge in [0.15, 0.2) is 0 Å². The lowest BCUT2D eigenvalue weighted by atomic mass is 10.0. The monoisotopic (exact) mass is 205 g/mol. The molecule has 0 aliphatic carbocycles. The van der Waals surface area contributed by atoms with Gasteiger partial charge in [-0.1, -0.05) is 24.3 Å². The summed E-state index contributed by atoms with van der Waals surface area (Å²) in [5.74, 6) is -1.18. The average molecular weight is 205 g/mol. The number of benzene rings is 1. The zero-order valence-electron chi connectivity index (χ0n) is 8.82. The minimum absolute atomic E-state index is 0.467. The summed E-state index contributed by atoms with van der Waals surface area (Å²) in [5.41, 5.74) is 2.52. The van der Waals surface area contributed by atoms with E-state index in [1.807, 2.05) is 24.3 Å². The Hall–Kier alpha value is -1.61. The summed E-state index contributed by atoms with van der Waals surface area (Å²) in [6.07, 6.45) is 1.09. The van der Waals surface area contributed by atoms with E-state index in [9.17, 15) is 9.90 Å². The second-order valence-electron chi connectivity index (χ2n) is 3.24. The van der Waals surface area contributed by atoms with Crippen molar-refractivity contribution in [2.24, 2.45) is 0 Å². The smallest absolute Gasteiger partial charge is 0.0718 e. The fourth-order valence-electron chi connectivity index (χ4n) is 1.44. The van der Waals surface area contributed by atoms with Crippen molar-refractivity contribution < 1.29 is 14.6 Å². The van der Waals surface area contributed by atoms with Crippen molar-refractivity contribution in [1.82, 2.24) is 0 Å². The number of carbonyl (C=O) groups is 1. The summed E-state index contributed by atoms with van der Waals surface area (Å²) in [5, 5.41) is 10.4. The molecule has 0 amide bonds. The highest BCUT2D eigenvalue weighted by Crippen LogP contribution is 2.19. The van der Waals surface area contributed by atoms with Crippen LogP contribution in [0, 0.1) is 0 Å². The van der Waals surface area contributed by atoms with Crippen molar-refractivity contribution in [3.05, 3.63) is 41.5 Å². The summed E-state index contributed by atoms with van der Waals surface area (Å²) >= 11 is 0. The zero-order chi connectivity index (χ0) is 11.3. The van der Waals surface area contributed by atoms with E-state index in [1.54, 1.807) is 14.0 Å². The normalized spacial score (nSPS) is 11.5. The van der Waals surface area contributed by atoms with Crippen LogP contribution in [0.5, 0.6) is 0 Å². The number of hydrogen-bond acceptors (Lipinski definition) is 3. The van der Waals surface area contributed by atoms with Gasteiger partial charge in [0.25, 0.3) is 0 Å². The van der Waals surface area contributed by atoms with Crippen molar-refractivity contribution in [3.63, 3.8) is 0 Å². The number of hydrogen-bond donors (Lipinski definition) is 0. The Bertz CT molecular complexity index is 380. The Morgan fingerprint density at radius 2 is 2.13 bits per heavy atom. The van der Waals surface area contributed by atoms with Gasteiger partial charge < -0.3 is 14.6 Å². The predicted molar refractivity (Wildman–Crippen MR) is 55.8 cm³/mol. The molecule has 0 radical (unpaired) electrons. The fourth-order valence-corrected chi connectivity index (χ4v) is 1.44. The van der Waals surface area contributed by atoms with E-state index in [1.165, 1.54) is 0 Å². The SMILES string of the molecule is COCc1ccccc1/C(C)=C\C(=O)[O-]. The second kappa shape index (κ2) is 5.32. The molecule has 0 heterocycles. The number of ether oxygens (including phenoxy) is 1. The van der Waals surface area contributed by atoms with Gasteiger partial charge in [-0.05, 0) is 29.7 Å². The zero-order valence-corrected chi connectivity index (χ0v) is 8.82. The molecule has 0 unspecified atom stereocenters. The molecule has 0 atom stereocenters. The van der Waals surface area contributed by atoms with E-state index in [0.29, 0.717) is 12.2 Å². The van der Waals surface area contributed by atoms with Crippen molar-refractivity contribution in [2.45, 2.75) is 13.5 Å². The number of rotatable bonds is 4. The minimum Gasteiger partial charge on any atom is -0.545 e. The van der Waals surface area contributed by atoms with Crippen LogP contribution in [0.25, 0.3) is 5.57 Å². The van der Waals surface area contributed by atoms with E-state index >= 15 is 0 Å². The van der Waals surface area contributed by atoms with Gasteiger partial charge in [0.2, 0.25) is 0 Å². The van der Waals surface area contributed by atoms with Gasteiger partial charge in [-0.15, -0.1) is 0 Å². The lowest BCUT2D eigenvalue weighted by molar-refractivity contribution is -0.297. The van der Waals surface area contributed by atoms with Gasteiger partial charge in [0, 0.05) is 7.11 Å². The molecular weight excluding hydrogens is 192 g/mol. The maximum atomic E-state index is 10.4. The highest BCUT2D eigenvalue weighted by Gasteiger charge is 2.02. The van der Waals surface area contributed by atoms with Crippen LogP contribution in [0.1, 0.15) is 18.1 Å². The molecule has 0 fully saturated rings. The summed E-state index contributed by atoms with van der Waals surface area (Å²) in [7, 11) is 1.61. The van der Waals surface area contributed by atoms with Crippen LogP contribution in [0.3, 0.4) is 0 Å². The van der Waals surface area contributed by atoms with Crippen LogP contribution in [0.2, 0.25) is 0 Å². The highest BCUT2D eigenvalue weighted by atomic mass is 16.5. The number of aliphatic carboxylic acids is 1. The maximum Gasteiger partial charge on any atom is 0.0718 e. The molecule has 0 N–H and O–H groups in total. The third-order valence-corrected chi connectivity index (χ3v) is 2.08. The first kappa shape index (κ1) is 11.5. The Morgan fingerprint density at radius 3 is 2.73 bits per heavy atom. The van der Waals surface area contributed by atoms with Crippen LogP contribution >= 0.6 is 0 Å². The van der Waals surface area contributed by atoms with Crippen molar-refractivity contribution in [3.8, 4) is 0 Å². The standard InChI is InChI=1S/C12H14O3/c1-9(7-12(13)14)11-6-4-3-5-10(11)8-15-2/h3-7H,8H2,1-2H3,(H,13,14)/p-1/b9-7-. The number of carboxylic acid groups (broad SMARTS) is 1. The molecule has 1 rings (SSSR count). The minimum atomic E-state index is -1.18. The van der Waals surface area contributed by atoms with E-state index < -0.39 is 5.97 Å². The fraction of sp³-hybridized carbons (Fsp3) is 0.250. The third-order valence-electron chi connectivity index (χ3n) is 2.08. The molecule has 1 aromatic rings. The first-order chi connectivity index (χ1) is 7.15. The molecule has 15 heavy (non-hydrogen) atoms. The van der Waals surface area contributed by atoms with Crippen LogP contribution in [-0.4, -0.2) is 13.1 Å². The average Bonchev–Trinajstić information content (AvgIpc) is 2.18. The van der Waals surface area contributed by atoms with E-state index in [2.05, 4.69) is 0 Å². The van der Waals surface area contributed by atoms with Crippen LogP contribution in [0.4, 0.5) is 0 Å². The molecule has 3 heteroatoms. The number of carbonyl (C=O) groups excluding carboxylic acids is 1. The second-order valence-corrected chi connectivity index (χ2v) is 3.24. The topological polar surface area (TPSA) is 49.4 Å². The molecule has 80 valence electrons. The Balaban J connectivity index is 3.07. The van der Waals surface area contributed by atoms with Gasteiger partial charge in [-0.2, -0.15) is 0 Å². The molecule has 0 saturated heterocycles. The molecule has 0 aromatic heterocycles. The van der Waals surface area contributed by atoms with Crippen LogP contribution < -0.4 is 5.11 Å². The lowest BCUT2D eigenvalue weighted by Gasteiger charge is -2.09. The first-order valence-corrected chi connectivity index (χ1v) is 4.61. The van der Waals surface area contributed by atoms with Gasteiger partial charge in [0.1, 0.15) is 0 Å². The maximum absolute atomic E-state index is 10.4. The van der Waals surface area contributed by atoms with Gasteiger partial charge in [-0.25, -0.2) is 0 Å². The van der Waals surface area contributed by atoms with Crippen LogP contribution in [-0.2, 0) is 16.1 Å². The molecule has 3 nitrogen and oxygen atoms in total. The van der Waals surface area contributed by atoms with E-state index in [4.69, 9.17) is 4.74 Å². The molecular formula is C12H13O3-. The molecule has 0 saturated carbocycles. The number of methoxy groups -OCH3 is 1. The summed E-state index contributed by atoms with van der Waals surface area (Å²) in [6, 6.07) is 7.53.